The molecule has 0 aliphatic rings. The second kappa shape index (κ2) is 6.80. The lowest BCUT2D eigenvalue weighted by Crippen LogP contribution is -2.15. The lowest BCUT2D eigenvalue weighted by Gasteiger charge is -2.10. The van der Waals surface area contributed by atoms with E-state index in [0.29, 0.717) is 30.8 Å². The van der Waals surface area contributed by atoms with Crippen molar-refractivity contribution >= 4 is 11.9 Å². The SMILES string of the molecule is CCNc1nc(NCCC(C)O)nc(-n2cccn2)n1. The Kier molecular flexibility index (Phi) is 4.83. The first-order valence-corrected chi connectivity index (χ1v) is 6.61. The molecule has 0 fully saturated rings. The highest BCUT2D eigenvalue weighted by atomic mass is 16.3. The van der Waals surface area contributed by atoms with Crippen LogP contribution in [0.4, 0.5) is 11.9 Å². The van der Waals surface area contributed by atoms with E-state index in [1.165, 1.54) is 0 Å². The molecule has 0 spiro atoms. The summed E-state index contributed by atoms with van der Waals surface area (Å²) in [4.78, 5) is 12.8. The molecule has 2 aromatic heterocycles. The zero-order valence-corrected chi connectivity index (χ0v) is 11.6. The van der Waals surface area contributed by atoms with E-state index in [1.807, 2.05) is 6.92 Å². The van der Waals surface area contributed by atoms with Crippen LogP contribution in [-0.4, -0.2) is 49.0 Å². The predicted octanol–water partition coefficient (Wildman–Crippen LogP) is 0.672. The largest absolute Gasteiger partial charge is 0.393 e. The highest BCUT2D eigenvalue weighted by Crippen LogP contribution is 2.08. The molecule has 0 aromatic carbocycles. The van der Waals surface area contributed by atoms with Crippen molar-refractivity contribution in [3.8, 4) is 5.95 Å². The fraction of sp³-hybridized carbons (Fsp3) is 0.500. The molecule has 8 nitrogen and oxygen atoms in total. The standard InChI is InChI=1S/C12H19N7O/c1-3-13-10-16-11(14-7-5-9(2)20)18-12(17-10)19-8-4-6-15-19/h4,6,8-9,20H,3,5,7H2,1-2H3,(H2,13,14,16,17,18). The molecule has 0 saturated carbocycles. The third kappa shape index (κ3) is 3.89. The summed E-state index contributed by atoms with van der Waals surface area (Å²) < 4.78 is 1.57. The Balaban J connectivity index is 2.17. The minimum absolute atomic E-state index is 0.358. The van der Waals surface area contributed by atoms with Crippen molar-refractivity contribution in [2.24, 2.45) is 0 Å². The Morgan fingerprint density at radius 2 is 2.00 bits per heavy atom. The number of hydrogen-bond acceptors (Lipinski definition) is 7. The highest BCUT2D eigenvalue weighted by molar-refractivity contribution is 5.37. The summed E-state index contributed by atoms with van der Waals surface area (Å²) in [5, 5.41) is 19.5. The Morgan fingerprint density at radius 3 is 2.60 bits per heavy atom. The van der Waals surface area contributed by atoms with Gasteiger partial charge >= 0.3 is 0 Å². The molecule has 0 aliphatic carbocycles. The average molecular weight is 277 g/mol. The molecule has 2 rings (SSSR count). The molecular formula is C12H19N7O. The van der Waals surface area contributed by atoms with Crippen LogP contribution in [-0.2, 0) is 0 Å². The van der Waals surface area contributed by atoms with E-state index in [-0.39, 0.29) is 6.10 Å². The first kappa shape index (κ1) is 14.2. The molecule has 0 radical (unpaired) electrons. The fourth-order valence-electron chi connectivity index (χ4n) is 1.56. The monoisotopic (exact) mass is 277 g/mol. The minimum Gasteiger partial charge on any atom is -0.393 e. The van der Waals surface area contributed by atoms with Crippen LogP contribution in [0.2, 0.25) is 0 Å². The van der Waals surface area contributed by atoms with Gasteiger partial charge in [0.1, 0.15) is 0 Å². The van der Waals surface area contributed by atoms with Gasteiger partial charge in [-0.25, -0.2) is 4.68 Å². The Hall–Kier alpha value is -2.22. The van der Waals surface area contributed by atoms with Crippen molar-refractivity contribution in [1.29, 1.82) is 0 Å². The summed E-state index contributed by atoms with van der Waals surface area (Å²) in [7, 11) is 0. The summed E-state index contributed by atoms with van der Waals surface area (Å²) in [5.74, 6) is 1.40. The summed E-state index contributed by atoms with van der Waals surface area (Å²) in [5.41, 5.74) is 0. The molecule has 3 N–H and O–H groups in total. The maximum absolute atomic E-state index is 9.25. The van der Waals surface area contributed by atoms with Crippen molar-refractivity contribution in [1.82, 2.24) is 24.7 Å². The Labute approximate surface area is 117 Å². The molecular weight excluding hydrogens is 258 g/mol. The molecule has 1 atom stereocenters. The number of rotatable bonds is 7. The van der Waals surface area contributed by atoms with Gasteiger partial charge in [-0.05, 0) is 26.3 Å². The molecule has 1 unspecified atom stereocenters. The lowest BCUT2D eigenvalue weighted by atomic mass is 10.3. The molecule has 0 amide bonds. The van der Waals surface area contributed by atoms with Gasteiger partial charge in [0, 0.05) is 25.5 Å². The normalized spacial score (nSPS) is 12.2. The molecule has 20 heavy (non-hydrogen) atoms. The molecule has 0 aliphatic heterocycles. The van der Waals surface area contributed by atoms with E-state index in [2.05, 4.69) is 30.7 Å². The van der Waals surface area contributed by atoms with Crippen LogP contribution in [0.3, 0.4) is 0 Å². The number of aliphatic hydroxyl groups is 1. The quantitative estimate of drug-likeness (QED) is 0.683. The Bertz CT molecular complexity index is 527. The summed E-state index contributed by atoms with van der Waals surface area (Å²) in [6.45, 7) is 5.02. The summed E-state index contributed by atoms with van der Waals surface area (Å²) in [6.07, 6.45) is 3.70. The smallest absolute Gasteiger partial charge is 0.257 e. The highest BCUT2D eigenvalue weighted by Gasteiger charge is 2.08. The van der Waals surface area contributed by atoms with E-state index >= 15 is 0 Å². The van der Waals surface area contributed by atoms with Gasteiger partial charge in [0.2, 0.25) is 11.9 Å². The van der Waals surface area contributed by atoms with Gasteiger partial charge in [-0.1, -0.05) is 0 Å². The van der Waals surface area contributed by atoms with Crippen LogP contribution < -0.4 is 10.6 Å². The molecule has 0 saturated heterocycles. The summed E-state index contributed by atoms with van der Waals surface area (Å²) in [6, 6.07) is 1.80. The maximum atomic E-state index is 9.25. The van der Waals surface area contributed by atoms with Gasteiger partial charge in [-0.2, -0.15) is 20.1 Å². The zero-order chi connectivity index (χ0) is 14.4. The molecule has 108 valence electrons. The molecule has 2 heterocycles. The van der Waals surface area contributed by atoms with Gasteiger partial charge in [0.15, 0.2) is 0 Å². The first-order valence-electron chi connectivity index (χ1n) is 6.61. The lowest BCUT2D eigenvalue weighted by molar-refractivity contribution is 0.188. The summed E-state index contributed by atoms with van der Waals surface area (Å²) >= 11 is 0. The molecule has 2 aromatic rings. The minimum atomic E-state index is -0.358. The number of aromatic nitrogens is 5. The van der Waals surface area contributed by atoms with Crippen LogP contribution in [0, 0.1) is 0 Å². The zero-order valence-electron chi connectivity index (χ0n) is 11.6. The van der Waals surface area contributed by atoms with Gasteiger partial charge in [0.25, 0.3) is 5.95 Å². The maximum Gasteiger partial charge on any atom is 0.257 e. The van der Waals surface area contributed by atoms with Crippen molar-refractivity contribution in [3.05, 3.63) is 18.5 Å². The third-order valence-corrected chi connectivity index (χ3v) is 2.51. The van der Waals surface area contributed by atoms with E-state index in [1.54, 1.807) is 30.1 Å². The van der Waals surface area contributed by atoms with Crippen LogP contribution >= 0.6 is 0 Å². The Morgan fingerprint density at radius 1 is 1.25 bits per heavy atom. The van der Waals surface area contributed by atoms with Gasteiger partial charge in [-0.15, -0.1) is 0 Å². The number of nitrogens with one attached hydrogen (secondary N) is 2. The number of anilines is 2. The van der Waals surface area contributed by atoms with E-state index < -0.39 is 0 Å². The van der Waals surface area contributed by atoms with E-state index in [9.17, 15) is 5.11 Å². The van der Waals surface area contributed by atoms with E-state index in [0.717, 1.165) is 6.54 Å². The molecule has 8 heteroatoms. The van der Waals surface area contributed by atoms with Crippen LogP contribution in [0.15, 0.2) is 18.5 Å². The number of nitrogens with zero attached hydrogens (tertiary/aromatic N) is 5. The van der Waals surface area contributed by atoms with Crippen molar-refractivity contribution < 1.29 is 5.11 Å². The van der Waals surface area contributed by atoms with Crippen molar-refractivity contribution in [3.63, 3.8) is 0 Å². The van der Waals surface area contributed by atoms with Crippen LogP contribution in [0.25, 0.3) is 5.95 Å². The second-order valence-electron chi connectivity index (χ2n) is 4.33. The predicted molar refractivity (Wildman–Crippen MR) is 75.9 cm³/mol. The van der Waals surface area contributed by atoms with E-state index in [4.69, 9.17) is 0 Å². The van der Waals surface area contributed by atoms with Gasteiger partial charge < -0.3 is 15.7 Å². The van der Waals surface area contributed by atoms with Crippen LogP contribution in [0.5, 0.6) is 0 Å². The van der Waals surface area contributed by atoms with Crippen molar-refractivity contribution in [2.45, 2.75) is 26.4 Å². The van der Waals surface area contributed by atoms with Gasteiger partial charge in [0.05, 0.1) is 6.10 Å². The topological polar surface area (TPSA) is 101 Å². The van der Waals surface area contributed by atoms with Crippen LogP contribution in [0.1, 0.15) is 20.3 Å². The van der Waals surface area contributed by atoms with Gasteiger partial charge in [-0.3, -0.25) is 0 Å². The molecule has 0 bridgehead atoms. The first-order chi connectivity index (χ1) is 9.69. The third-order valence-electron chi connectivity index (χ3n) is 2.51. The number of hydrogen-bond donors (Lipinski definition) is 3. The number of aliphatic hydroxyl groups excluding tert-OH is 1. The second-order valence-corrected chi connectivity index (χ2v) is 4.33. The average Bonchev–Trinajstić information content (AvgIpc) is 2.92. The fourth-order valence-corrected chi connectivity index (χ4v) is 1.56. The van der Waals surface area contributed by atoms with Crippen molar-refractivity contribution in [2.75, 3.05) is 23.7 Å².